The zero-order valence-electron chi connectivity index (χ0n) is 16.1. The van der Waals surface area contributed by atoms with Gasteiger partial charge in [-0.05, 0) is 42.8 Å². The van der Waals surface area contributed by atoms with E-state index in [-0.39, 0.29) is 18.7 Å². The highest BCUT2D eigenvalue weighted by Gasteiger charge is 2.31. The number of hydrogen-bond donors (Lipinski definition) is 3. The highest BCUT2D eigenvalue weighted by atomic mass is 19.4. The zero-order valence-corrected chi connectivity index (χ0v) is 16.1. The smallest absolute Gasteiger partial charge is 0.406 e. The van der Waals surface area contributed by atoms with E-state index < -0.39 is 18.4 Å². The summed E-state index contributed by atoms with van der Waals surface area (Å²) in [7, 11) is 0. The molecule has 8 nitrogen and oxygen atoms in total. The van der Waals surface area contributed by atoms with Crippen LogP contribution in [0.25, 0.3) is 11.3 Å². The molecule has 11 heteroatoms. The van der Waals surface area contributed by atoms with Crippen molar-refractivity contribution in [3.63, 3.8) is 0 Å². The fraction of sp³-hybridized carbons (Fsp3) is 0.286. The van der Waals surface area contributed by atoms with Crippen molar-refractivity contribution in [1.82, 2.24) is 15.2 Å². The van der Waals surface area contributed by atoms with Gasteiger partial charge in [-0.15, -0.1) is 13.2 Å². The summed E-state index contributed by atoms with van der Waals surface area (Å²) in [6, 6.07) is 8.23. The molecule has 3 heterocycles. The maximum absolute atomic E-state index is 12.7. The van der Waals surface area contributed by atoms with Crippen LogP contribution >= 0.6 is 0 Å². The number of nitrogens with one attached hydrogen (secondary N) is 2. The molecule has 1 aromatic carbocycles. The molecule has 0 aliphatic carbocycles. The fourth-order valence-corrected chi connectivity index (χ4v) is 3.32. The van der Waals surface area contributed by atoms with E-state index in [0.717, 1.165) is 12.1 Å². The number of carbonyl (C=O) groups is 1. The van der Waals surface area contributed by atoms with Gasteiger partial charge >= 0.3 is 6.36 Å². The minimum absolute atomic E-state index is 0. The van der Waals surface area contributed by atoms with Crippen LogP contribution in [0, 0.1) is 0 Å². The van der Waals surface area contributed by atoms with E-state index in [0.29, 0.717) is 42.3 Å². The standard InChI is InChI=1S/C20H18F3N5O3.CH4/c21-20(22,23)31-15-3-1-13(2-4-15)26-19(30)12-9-16(17-5-7-25-27-17)18(24-10-12)28-8-6-14(29)11-28;/h1-5,7,9-10,14,29H,6,8,11H2,(H,25,27)(H,26,30);1H4/t14-;/m1./s1. The van der Waals surface area contributed by atoms with Crippen LogP contribution in [-0.4, -0.2) is 51.8 Å². The largest absolute Gasteiger partial charge is 0.573 e. The number of carbonyl (C=O) groups excluding carboxylic acids is 1. The van der Waals surface area contributed by atoms with Gasteiger partial charge in [0, 0.05) is 36.7 Å². The number of alkyl halides is 3. The van der Waals surface area contributed by atoms with Gasteiger partial charge in [-0.1, -0.05) is 7.43 Å². The van der Waals surface area contributed by atoms with Crippen LogP contribution in [0.1, 0.15) is 24.2 Å². The Morgan fingerprint density at radius 3 is 2.59 bits per heavy atom. The lowest BCUT2D eigenvalue weighted by atomic mass is 10.1. The zero-order chi connectivity index (χ0) is 22.0. The van der Waals surface area contributed by atoms with Crippen molar-refractivity contribution in [2.45, 2.75) is 26.3 Å². The molecule has 3 aromatic rings. The number of nitrogens with zero attached hydrogens (tertiary/aromatic N) is 3. The van der Waals surface area contributed by atoms with E-state index in [1.165, 1.54) is 18.3 Å². The Bertz CT molecular complexity index is 1060. The van der Waals surface area contributed by atoms with Crippen molar-refractivity contribution in [1.29, 1.82) is 0 Å². The fourth-order valence-electron chi connectivity index (χ4n) is 3.32. The summed E-state index contributed by atoms with van der Waals surface area (Å²) < 4.78 is 40.6. The number of rotatable bonds is 5. The highest BCUT2D eigenvalue weighted by Crippen LogP contribution is 2.31. The summed E-state index contributed by atoms with van der Waals surface area (Å²) >= 11 is 0. The molecule has 1 aliphatic heterocycles. The van der Waals surface area contributed by atoms with Gasteiger partial charge in [0.05, 0.1) is 17.4 Å². The Morgan fingerprint density at radius 2 is 2.00 bits per heavy atom. The lowest BCUT2D eigenvalue weighted by Crippen LogP contribution is -2.23. The van der Waals surface area contributed by atoms with Crippen molar-refractivity contribution < 1.29 is 27.8 Å². The first-order valence-electron chi connectivity index (χ1n) is 9.38. The molecule has 170 valence electrons. The molecule has 32 heavy (non-hydrogen) atoms. The van der Waals surface area contributed by atoms with E-state index in [9.17, 15) is 23.1 Å². The number of aromatic amines is 1. The number of halogens is 3. The summed E-state index contributed by atoms with van der Waals surface area (Å²) in [6.45, 7) is 1.07. The quantitative estimate of drug-likeness (QED) is 0.547. The number of pyridine rings is 1. The van der Waals surface area contributed by atoms with Gasteiger partial charge in [0.25, 0.3) is 5.91 Å². The number of aromatic nitrogens is 3. The van der Waals surface area contributed by atoms with Crippen molar-refractivity contribution in [2.24, 2.45) is 0 Å². The molecule has 3 N–H and O–H groups in total. The van der Waals surface area contributed by atoms with Gasteiger partial charge < -0.3 is 20.1 Å². The molecular formula is C21H22F3N5O3. The molecule has 0 spiro atoms. The SMILES string of the molecule is C.O=C(Nc1ccc(OC(F)(F)F)cc1)c1cnc(N2CC[C@@H](O)C2)c(-c2ccn[nH]2)c1. The number of H-pyrrole nitrogens is 1. The lowest BCUT2D eigenvalue weighted by molar-refractivity contribution is -0.274. The van der Waals surface area contributed by atoms with Crippen molar-refractivity contribution in [3.8, 4) is 17.0 Å². The minimum Gasteiger partial charge on any atom is -0.406 e. The van der Waals surface area contributed by atoms with Crippen molar-refractivity contribution >= 4 is 17.4 Å². The summed E-state index contributed by atoms with van der Waals surface area (Å²) in [5.41, 5.74) is 1.86. The Balaban J connectivity index is 0.00000289. The van der Waals surface area contributed by atoms with Crippen molar-refractivity contribution in [3.05, 3.63) is 54.4 Å². The van der Waals surface area contributed by atoms with Gasteiger partial charge in [-0.3, -0.25) is 9.89 Å². The molecular weight excluding hydrogens is 427 g/mol. The lowest BCUT2D eigenvalue weighted by Gasteiger charge is -2.20. The number of anilines is 2. The minimum atomic E-state index is -4.79. The third-order valence-corrected chi connectivity index (χ3v) is 4.73. The van der Waals surface area contributed by atoms with Gasteiger partial charge in [-0.2, -0.15) is 5.10 Å². The van der Waals surface area contributed by atoms with Crippen LogP contribution in [-0.2, 0) is 0 Å². The predicted molar refractivity (Wildman–Crippen MR) is 112 cm³/mol. The number of hydrogen-bond acceptors (Lipinski definition) is 6. The second-order valence-electron chi connectivity index (χ2n) is 6.98. The maximum atomic E-state index is 12.7. The molecule has 0 radical (unpaired) electrons. The van der Waals surface area contributed by atoms with Crippen LogP contribution < -0.4 is 15.0 Å². The second-order valence-corrected chi connectivity index (χ2v) is 6.98. The molecule has 0 saturated carbocycles. The van der Waals surface area contributed by atoms with Crippen LogP contribution in [0.4, 0.5) is 24.7 Å². The maximum Gasteiger partial charge on any atom is 0.573 e. The van der Waals surface area contributed by atoms with Gasteiger partial charge in [0.2, 0.25) is 0 Å². The third kappa shape index (κ3) is 5.35. The van der Waals surface area contributed by atoms with Gasteiger partial charge in [-0.25, -0.2) is 4.98 Å². The molecule has 0 unspecified atom stereocenters. The van der Waals surface area contributed by atoms with E-state index in [1.54, 1.807) is 18.3 Å². The summed E-state index contributed by atoms with van der Waals surface area (Å²) in [5.74, 6) is -0.248. The molecule has 2 aromatic heterocycles. The summed E-state index contributed by atoms with van der Waals surface area (Å²) in [5, 5.41) is 19.3. The van der Waals surface area contributed by atoms with Gasteiger partial charge in [0.1, 0.15) is 11.6 Å². The molecule has 0 bridgehead atoms. The van der Waals surface area contributed by atoms with Crippen LogP contribution in [0.2, 0.25) is 0 Å². The first-order valence-corrected chi connectivity index (χ1v) is 9.38. The number of aliphatic hydroxyl groups excluding tert-OH is 1. The normalized spacial score (nSPS) is 15.9. The molecule has 1 aliphatic rings. The third-order valence-electron chi connectivity index (χ3n) is 4.73. The van der Waals surface area contributed by atoms with E-state index in [2.05, 4.69) is 25.2 Å². The number of β-amino-alcohol motifs (C(OH)–C–C–N with tert-alkyl or cyclic N) is 1. The Morgan fingerprint density at radius 1 is 1.25 bits per heavy atom. The van der Waals surface area contributed by atoms with Crippen LogP contribution in [0.3, 0.4) is 0 Å². The van der Waals surface area contributed by atoms with Crippen LogP contribution in [0.5, 0.6) is 5.75 Å². The Labute approximate surface area is 182 Å². The highest BCUT2D eigenvalue weighted by molar-refractivity contribution is 6.05. The number of benzene rings is 1. The first kappa shape index (κ1) is 23.1. The predicted octanol–water partition coefficient (Wildman–Crippen LogP) is 3.83. The molecule has 1 amide bonds. The van der Waals surface area contributed by atoms with Crippen LogP contribution in [0.15, 0.2) is 48.8 Å². The molecule has 1 saturated heterocycles. The summed E-state index contributed by atoms with van der Waals surface area (Å²) in [4.78, 5) is 19.1. The topological polar surface area (TPSA) is 103 Å². The Kier molecular flexibility index (Phi) is 6.68. The van der Waals surface area contributed by atoms with E-state index in [4.69, 9.17) is 0 Å². The first-order chi connectivity index (χ1) is 14.8. The van der Waals surface area contributed by atoms with Crippen molar-refractivity contribution in [2.75, 3.05) is 23.3 Å². The number of ether oxygens (including phenoxy) is 1. The second kappa shape index (κ2) is 9.27. The number of aliphatic hydroxyl groups is 1. The van der Waals surface area contributed by atoms with E-state index in [1.807, 2.05) is 4.90 Å². The number of amides is 1. The molecule has 1 fully saturated rings. The molecule has 1 atom stereocenters. The average molecular weight is 449 g/mol. The van der Waals surface area contributed by atoms with Gasteiger partial charge in [0.15, 0.2) is 0 Å². The summed E-state index contributed by atoms with van der Waals surface area (Å²) in [6.07, 6.45) is -1.61. The van der Waals surface area contributed by atoms with E-state index >= 15 is 0 Å². The average Bonchev–Trinajstić information content (AvgIpc) is 3.40. The monoisotopic (exact) mass is 449 g/mol. The Hall–Kier alpha value is -3.60. The molecule has 4 rings (SSSR count).